The topological polar surface area (TPSA) is 83.8 Å². The molecule has 0 aliphatic rings. The van der Waals surface area contributed by atoms with Gasteiger partial charge in [-0.1, -0.05) is 0 Å². The third-order valence-electron chi connectivity index (χ3n) is 0.303. The zero-order chi connectivity index (χ0) is 7.71. The van der Waals surface area contributed by atoms with Crippen molar-refractivity contribution in [2.24, 2.45) is 0 Å². The molecule has 0 spiro atoms. The first kappa shape index (κ1) is 13.5. The van der Waals surface area contributed by atoms with Crippen molar-refractivity contribution in [1.29, 1.82) is 0 Å². The molecule has 2 atom stereocenters. The molecule has 0 saturated heterocycles. The van der Waals surface area contributed by atoms with Crippen molar-refractivity contribution in [2.45, 2.75) is 0 Å². The van der Waals surface area contributed by atoms with Crippen molar-refractivity contribution >= 4 is 15.2 Å². The van der Waals surface area contributed by atoms with Crippen molar-refractivity contribution < 1.29 is 42.7 Å². The van der Waals surface area contributed by atoms with Gasteiger partial charge in [-0.25, -0.2) is 4.31 Å². The number of rotatable bonds is 2. The second-order valence-electron chi connectivity index (χ2n) is 1.69. The molecule has 0 aliphatic carbocycles. The maximum Gasteiger partial charge on any atom is 2.00 e. The number of hydrogen-bond acceptors (Lipinski definition) is 3. The van der Waals surface area contributed by atoms with E-state index < -0.39 is 15.2 Å². The van der Waals surface area contributed by atoms with E-state index in [1.165, 1.54) is 0 Å². The average Bonchev–Trinajstić information content (AvgIpc) is 1.14. The molecule has 5 nitrogen and oxygen atoms in total. The van der Waals surface area contributed by atoms with Gasteiger partial charge in [0, 0.05) is 13.3 Å². The van der Waals surface area contributed by atoms with Crippen LogP contribution >= 0.6 is 15.2 Å². The van der Waals surface area contributed by atoms with Gasteiger partial charge in [0.2, 0.25) is 0 Å². The molecule has 56 valence electrons. The summed E-state index contributed by atoms with van der Waals surface area (Å²) in [6.07, 6.45) is 0. The molecule has 0 aromatic rings. The third-order valence-corrected chi connectivity index (χ3v) is 2.73. The van der Waals surface area contributed by atoms with Gasteiger partial charge in [-0.2, -0.15) is 0 Å². The first-order valence-electron chi connectivity index (χ1n) is 2.02. The molecule has 0 saturated carbocycles. The molecule has 2 unspecified atom stereocenters. The fourth-order valence-corrected chi connectivity index (χ4v) is 2.53. The summed E-state index contributed by atoms with van der Waals surface area (Å²) in [5, 5.41) is 0. The zero-order valence-electron chi connectivity index (χ0n) is 5.72. The van der Waals surface area contributed by atoms with Crippen LogP contribution in [0.1, 0.15) is 0 Å². The Morgan fingerprint density at radius 2 is 1.30 bits per heavy atom. The molecule has 0 aromatic carbocycles. The fraction of sp³-hybridized carbons (Fsp3) is 1.00. The maximum absolute atomic E-state index is 10.2. The Hall–Kier alpha value is 0.963. The molecule has 2 N–H and O–H groups in total. The van der Waals surface area contributed by atoms with E-state index in [0.717, 1.165) is 13.3 Å². The third kappa shape index (κ3) is 11.7. The quantitative estimate of drug-likeness (QED) is 0.545. The Labute approximate surface area is 71.6 Å². The van der Waals surface area contributed by atoms with Gasteiger partial charge >= 0.3 is 34.7 Å². The Morgan fingerprint density at radius 3 is 1.30 bits per heavy atom. The van der Waals surface area contributed by atoms with Gasteiger partial charge in [0.15, 0.2) is 0 Å². The molecule has 0 fully saturated rings. The van der Waals surface area contributed by atoms with Crippen molar-refractivity contribution in [2.75, 3.05) is 13.3 Å². The van der Waals surface area contributed by atoms with E-state index in [1.54, 1.807) is 0 Å². The smallest absolute Gasteiger partial charge is 0.324 e. The van der Waals surface area contributed by atoms with Crippen LogP contribution in [0.25, 0.3) is 0 Å². The van der Waals surface area contributed by atoms with E-state index in [9.17, 15) is 9.13 Å². The van der Waals surface area contributed by atoms with Crippen molar-refractivity contribution in [3.05, 3.63) is 0 Å². The van der Waals surface area contributed by atoms with Crippen molar-refractivity contribution in [3.63, 3.8) is 0 Å². The van der Waals surface area contributed by atoms with Crippen LogP contribution in [-0.2, 0) is 32.9 Å². The monoisotopic (exact) mass is 238 g/mol. The first-order chi connectivity index (χ1) is 3.71. The summed E-state index contributed by atoms with van der Waals surface area (Å²) in [5.41, 5.74) is 0. The van der Waals surface area contributed by atoms with Crippen LogP contribution in [0.3, 0.4) is 0 Å². The van der Waals surface area contributed by atoms with Crippen molar-refractivity contribution in [3.8, 4) is 0 Å². The maximum atomic E-state index is 10.2. The van der Waals surface area contributed by atoms with Crippen molar-refractivity contribution in [1.82, 2.24) is 0 Å². The predicted molar refractivity (Wildman–Crippen MR) is 32.6 cm³/mol. The van der Waals surface area contributed by atoms with Crippen LogP contribution in [0.2, 0.25) is 0 Å². The molecule has 0 radical (unpaired) electrons. The molecule has 8 heteroatoms. The van der Waals surface area contributed by atoms with E-state index in [4.69, 9.17) is 9.79 Å². The molecule has 0 amide bonds. The molecule has 0 bridgehead atoms. The van der Waals surface area contributed by atoms with Crippen LogP contribution in [0.5, 0.6) is 0 Å². The predicted octanol–water partition coefficient (Wildman–Crippen LogP) is 0.631. The zero-order valence-corrected chi connectivity index (χ0v) is 10.5. The second-order valence-corrected chi connectivity index (χ2v) is 5.55. The van der Waals surface area contributed by atoms with E-state index in [-0.39, 0.29) is 19.5 Å². The molecule has 10 heavy (non-hydrogen) atoms. The van der Waals surface area contributed by atoms with Gasteiger partial charge in [-0.3, -0.25) is 9.13 Å². The van der Waals surface area contributed by atoms with Crippen LogP contribution in [0.4, 0.5) is 0 Å². The molecule has 0 aliphatic heterocycles. The number of hydrogen-bond donors (Lipinski definition) is 2. The first-order valence-corrected chi connectivity index (χ1v) is 6.07. The van der Waals surface area contributed by atoms with Gasteiger partial charge in [0.05, 0.1) is 0 Å². The molecule has 0 rings (SSSR count). The summed E-state index contributed by atoms with van der Waals surface area (Å²) < 4.78 is 24.3. The van der Waals surface area contributed by atoms with Gasteiger partial charge < -0.3 is 9.79 Å². The summed E-state index contributed by atoms with van der Waals surface area (Å²) in [6.45, 7) is 1.69. The Bertz CT molecular complexity index is 158. The van der Waals surface area contributed by atoms with Crippen LogP contribution in [0.15, 0.2) is 0 Å². The summed E-state index contributed by atoms with van der Waals surface area (Å²) in [6, 6.07) is 0. The summed E-state index contributed by atoms with van der Waals surface area (Å²) >= 11 is 0. The Kier molecular flexibility index (Phi) is 5.56. The van der Waals surface area contributed by atoms with Gasteiger partial charge in [-0.15, -0.1) is 0 Å². The van der Waals surface area contributed by atoms with Crippen LogP contribution < -0.4 is 0 Å². The summed E-state index contributed by atoms with van der Waals surface area (Å²) in [7, 11) is -7.60. The van der Waals surface area contributed by atoms with Crippen LogP contribution in [-0.4, -0.2) is 23.1 Å². The largest absolute Gasteiger partial charge is 2.00 e. The van der Waals surface area contributed by atoms with Crippen LogP contribution in [0, 0.1) is 0 Å². The van der Waals surface area contributed by atoms with E-state index in [0.29, 0.717) is 0 Å². The van der Waals surface area contributed by atoms with Gasteiger partial charge in [0.1, 0.15) is 0 Å². The molecular formula is C2H8O5P2Zn+2. The fourth-order valence-electron chi connectivity index (χ4n) is 0.281. The minimum absolute atomic E-state index is 0. The Balaban J connectivity index is 0. The molecular weight excluding hydrogens is 231 g/mol. The summed E-state index contributed by atoms with van der Waals surface area (Å²) in [4.78, 5) is 16.7. The van der Waals surface area contributed by atoms with Gasteiger partial charge in [0.25, 0.3) is 0 Å². The standard InChI is InChI=1S/C2H8O5P2.Zn/c1-8(3,4)7-9(2,5)6;/h1-2H3,(H,3,4)(H,5,6);/q;+2. The molecule has 0 aromatic heterocycles. The molecule has 0 heterocycles. The summed E-state index contributed by atoms with van der Waals surface area (Å²) in [5.74, 6) is 0. The Morgan fingerprint density at radius 1 is 1.10 bits per heavy atom. The van der Waals surface area contributed by atoms with Gasteiger partial charge in [-0.05, 0) is 0 Å². The van der Waals surface area contributed by atoms with E-state index in [2.05, 4.69) is 4.31 Å². The average molecular weight is 239 g/mol. The van der Waals surface area contributed by atoms with E-state index >= 15 is 0 Å². The minimum Gasteiger partial charge on any atom is -0.324 e. The van der Waals surface area contributed by atoms with E-state index in [1.807, 2.05) is 0 Å². The SMILES string of the molecule is CP(=O)(O)OP(C)(=O)O.[Zn+2]. The second kappa shape index (κ2) is 4.11. The minimum atomic E-state index is -3.80. The normalized spacial score (nSPS) is 22.0.